The van der Waals surface area contributed by atoms with Crippen LogP contribution in [-0.2, 0) is 20.9 Å². The van der Waals surface area contributed by atoms with Crippen molar-refractivity contribution in [2.24, 2.45) is 23.2 Å². The van der Waals surface area contributed by atoms with Crippen LogP contribution in [0.2, 0.25) is 0 Å². The van der Waals surface area contributed by atoms with Gasteiger partial charge in [0.1, 0.15) is 11.8 Å². The quantitative estimate of drug-likeness (QED) is 0.542. The van der Waals surface area contributed by atoms with Gasteiger partial charge in [-0.2, -0.15) is 0 Å². The second-order valence-corrected chi connectivity index (χ2v) is 11.8. The maximum Gasteiger partial charge on any atom is 0.243 e. The fourth-order valence-corrected chi connectivity index (χ4v) is 8.29. The molecule has 1 aromatic carbocycles. The molecule has 0 spiro atoms. The third kappa shape index (κ3) is 4.35. The molecule has 4 fully saturated rings. The maximum absolute atomic E-state index is 14.2. The van der Waals surface area contributed by atoms with Gasteiger partial charge in [-0.15, -0.1) is 0 Å². The Hall–Kier alpha value is -2.80. The van der Waals surface area contributed by atoms with Crippen LogP contribution >= 0.6 is 0 Å². The molecule has 4 bridgehead atoms. The fraction of sp³-hybridized carbons (Fsp3) is 0.600. The van der Waals surface area contributed by atoms with Crippen LogP contribution in [0.5, 0.6) is 5.75 Å². The average molecular weight is 506 g/mol. The van der Waals surface area contributed by atoms with E-state index < -0.39 is 0 Å². The zero-order chi connectivity index (χ0) is 25.6. The highest BCUT2D eigenvalue weighted by Gasteiger charge is 2.55. The van der Waals surface area contributed by atoms with E-state index in [-0.39, 0.29) is 29.8 Å². The monoisotopic (exact) mass is 505 g/mol. The van der Waals surface area contributed by atoms with Crippen molar-refractivity contribution in [2.75, 3.05) is 40.5 Å². The van der Waals surface area contributed by atoms with E-state index >= 15 is 0 Å². The highest BCUT2D eigenvalue weighted by atomic mass is 16.5. The average Bonchev–Trinajstić information content (AvgIpc) is 3.38. The number of hydrogen-bond acceptors (Lipinski definition) is 4. The van der Waals surface area contributed by atoms with Gasteiger partial charge < -0.3 is 23.8 Å². The molecule has 5 aliphatic rings. The Bertz CT molecular complexity index is 1120. The first kappa shape index (κ1) is 24.5. The number of carbonyl (C=O) groups excluding carboxylic acids is 2. The summed E-state index contributed by atoms with van der Waals surface area (Å²) >= 11 is 0. The lowest BCUT2D eigenvalue weighted by atomic mass is 9.49. The third-order valence-electron chi connectivity index (χ3n) is 9.46. The number of hydrogen-bond donors (Lipinski definition) is 0. The molecule has 0 radical (unpaired) electrons. The number of nitrogens with zero attached hydrogens (tertiary/aromatic N) is 3. The summed E-state index contributed by atoms with van der Waals surface area (Å²) in [4.78, 5) is 32.0. The topological polar surface area (TPSA) is 64.0 Å². The van der Waals surface area contributed by atoms with Crippen molar-refractivity contribution in [1.82, 2.24) is 14.4 Å². The summed E-state index contributed by atoms with van der Waals surface area (Å²) in [6.45, 7) is 2.31. The Labute approximate surface area is 219 Å². The van der Waals surface area contributed by atoms with Gasteiger partial charge in [0.15, 0.2) is 0 Å². The molecule has 1 aromatic heterocycles. The van der Waals surface area contributed by atoms with Crippen LogP contribution in [0.25, 0.3) is 0 Å². The second kappa shape index (κ2) is 9.82. The number of ether oxygens (including phenoxy) is 2. The molecule has 4 saturated carbocycles. The fourth-order valence-electron chi connectivity index (χ4n) is 8.29. The molecule has 2 aromatic rings. The summed E-state index contributed by atoms with van der Waals surface area (Å²) in [6, 6.07) is 11.8. The minimum atomic E-state index is -0.276. The van der Waals surface area contributed by atoms with Gasteiger partial charge >= 0.3 is 0 Å². The Balaban J connectivity index is 1.28. The number of aromatic nitrogens is 1. The van der Waals surface area contributed by atoms with Crippen molar-refractivity contribution >= 4 is 11.8 Å². The summed E-state index contributed by atoms with van der Waals surface area (Å²) < 4.78 is 13.3. The first-order chi connectivity index (χ1) is 18.0. The van der Waals surface area contributed by atoms with Gasteiger partial charge in [0.05, 0.1) is 25.7 Å². The van der Waals surface area contributed by atoms with Crippen molar-refractivity contribution in [3.05, 3.63) is 53.9 Å². The van der Waals surface area contributed by atoms with Gasteiger partial charge in [-0.25, -0.2) is 0 Å². The Morgan fingerprint density at radius 3 is 2.35 bits per heavy atom. The van der Waals surface area contributed by atoms with Gasteiger partial charge in [0, 0.05) is 44.2 Å². The SMILES string of the molecule is COCCN(CC(=O)N1CCn2cccc2C1c1ccccc1OC)C(=O)C12CC3CC(CC(C3)C1)C2. The van der Waals surface area contributed by atoms with E-state index in [1.165, 1.54) is 19.3 Å². The van der Waals surface area contributed by atoms with E-state index in [9.17, 15) is 9.59 Å². The van der Waals surface area contributed by atoms with E-state index in [4.69, 9.17) is 9.47 Å². The molecule has 4 aliphatic carbocycles. The Kier molecular flexibility index (Phi) is 6.51. The number of carbonyl (C=O) groups is 2. The smallest absolute Gasteiger partial charge is 0.243 e. The molecular weight excluding hydrogens is 466 g/mol. The van der Waals surface area contributed by atoms with Gasteiger partial charge in [-0.1, -0.05) is 18.2 Å². The minimum Gasteiger partial charge on any atom is -0.496 e. The molecule has 2 amide bonds. The zero-order valence-corrected chi connectivity index (χ0v) is 22.1. The van der Waals surface area contributed by atoms with E-state index in [2.05, 4.69) is 16.8 Å². The van der Waals surface area contributed by atoms with Gasteiger partial charge in [0.2, 0.25) is 11.8 Å². The standard InChI is InChI=1S/C30H39N3O4/c1-36-13-12-32(29(35)30-17-21-14-22(18-30)16-23(15-21)19-30)20-27(34)33-11-10-31-9-5-7-25(31)28(33)24-6-3-4-8-26(24)37-2/h3-9,21-23,28H,10-20H2,1-2H3. The summed E-state index contributed by atoms with van der Waals surface area (Å²) in [5.74, 6) is 2.98. The molecular formula is C30H39N3O4. The molecule has 198 valence electrons. The number of amides is 2. The van der Waals surface area contributed by atoms with Gasteiger partial charge in [-0.3, -0.25) is 9.59 Å². The molecule has 1 unspecified atom stereocenters. The first-order valence-electron chi connectivity index (χ1n) is 13.9. The highest BCUT2D eigenvalue weighted by Crippen LogP contribution is 2.60. The normalized spacial score (nSPS) is 29.7. The number of benzene rings is 1. The summed E-state index contributed by atoms with van der Waals surface area (Å²) in [7, 11) is 3.33. The van der Waals surface area contributed by atoms with Crippen molar-refractivity contribution in [3.63, 3.8) is 0 Å². The Morgan fingerprint density at radius 1 is 0.973 bits per heavy atom. The van der Waals surface area contributed by atoms with E-state index in [1.54, 1.807) is 14.2 Å². The molecule has 0 saturated heterocycles. The van der Waals surface area contributed by atoms with Crippen LogP contribution in [0.15, 0.2) is 42.6 Å². The largest absolute Gasteiger partial charge is 0.496 e. The number of methoxy groups -OCH3 is 2. The van der Waals surface area contributed by atoms with Crippen molar-refractivity contribution in [2.45, 2.75) is 51.1 Å². The molecule has 7 rings (SSSR count). The lowest BCUT2D eigenvalue weighted by Crippen LogP contribution is -2.57. The highest BCUT2D eigenvalue weighted by molar-refractivity contribution is 5.89. The minimum absolute atomic E-state index is 0.0162. The lowest BCUT2D eigenvalue weighted by Gasteiger charge is -2.56. The van der Waals surface area contributed by atoms with E-state index in [1.807, 2.05) is 40.1 Å². The second-order valence-electron chi connectivity index (χ2n) is 11.8. The molecule has 0 N–H and O–H groups in total. The lowest BCUT2D eigenvalue weighted by molar-refractivity contribution is -0.161. The molecule has 1 aliphatic heterocycles. The molecule has 2 heterocycles. The van der Waals surface area contributed by atoms with Crippen LogP contribution in [0.1, 0.15) is 55.8 Å². The molecule has 7 heteroatoms. The maximum atomic E-state index is 14.2. The number of fused-ring (bicyclic) bond motifs is 1. The van der Waals surface area contributed by atoms with Crippen molar-refractivity contribution in [1.29, 1.82) is 0 Å². The van der Waals surface area contributed by atoms with E-state index in [0.717, 1.165) is 42.8 Å². The zero-order valence-electron chi connectivity index (χ0n) is 22.1. The van der Waals surface area contributed by atoms with Crippen LogP contribution in [0, 0.1) is 23.2 Å². The van der Waals surface area contributed by atoms with Crippen molar-refractivity contribution in [3.8, 4) is 5.75 Å². The van der Waals surface area contributed by atoms with Crippen LogP contribution in [0.3, 0.4) is 0 Å². The number of para-hydroxylation sites is 1. The molecule has 7 nitrogen and oxygen atoms in total. The summed E-state index contributed by atoms with van der Waals surface area (Å²) in [5, 5.41) is 0. The van der Waals surface area contributed by atoms with Crippen LogP contribution in [-0.4, -0.2) is 66.6 Å². The predicted molar refractivity (Wildman–Crippen MR) is 140 cm³/mol. The molecule has 1 atom stereocenters. The summed E-state index contributed by atoms with van der Waals surface area (Å²) in [5.41, 5.74) is 1.76. The summed E-state index contributed by atoms with van der Waals surface area (Å²) in [6.07, 6.45) is 8.93. The predicted octanol–water partition coefficient (Wildman–Crippen LogP) is 4.12. The molecule has 37 heavy (non-hydrogen) atoms. The van der Waals surface area contributed by atoms with Crippen molar-refractivity contribution < 1.29 is 19.1 Å². The van der Waals surface area contributed by atoms with E-state index in [0.29, 0.717) is 37.5 Å². The van der Waals surface area contributed by atoms with Crippen LogP contribution < -0.4 is 4.74 Å². The van der Waals surface area contributed by atoms with Crippen LogP contribution in [0.4, 0.5) is 0 Å². The third-order valence-corrected chi connectivity index (χ3v) is 9.46. The van der Waals surface area contributed by atoms with Gasteiger partial charge in [-0.05, 0) is 74.5 Å². The van der Waals surface area contributed by atoms with Gasteiger partial charge in [0.25, 0.3) is 0 Å². The Morgan fingerprint density at radius 2 is 1.68 bits per heavy atom. The first-order valence-corrected chi connectivity index (χ1v) is 13.9. The number of rotatable bonds is 8.